The van der Waals surface area contributed by atoms with Crippen LogP contribution < -0.4 is 4.72 Å². The van der Waals surface area contributed by atoms with E-state index < -0.39 is 10.0 Å². The molecular formula is C12H17NO2S. The molecule has 0 spiro atoms. The molecular weight excluding hydrogens is 222 g/mol. The maximum atomic E-state index is 11.7. The van der Waals surface area contributed by atoms with Gasteiger partial charge in [0.15, 0.2) is 0 Å². The second-order valence-electron chi connectivity index (χ2n) is 3.53. The van der Waals surface area contributed by atoms with E-state index >= 15 is 0 Å². The first kappa shape index (κ1) is 12.9. The molecule has 0 unspecified atom stereocenters. The Morgan fingerprint density at radius 3 is 2.44 bits per heavy atom. The normalized spacial score (nSPS) is 11.3. The van der Waals surface area contributed by atoms with Crippen LogP contribution in [-0.4, -0.2) is 15.0 Å². The minimum absolute atomic E-state index is 0.249. The Balaban J connectivity index is 2.84. The maximum Gasteiger partial charge on any atom is 0.240 e. The number of benzene rings is 1. The fourth-order valence-corrected chi connectivity index (χ4v) is 2.37. The first-order valence-corrected chi connectivity index (χ1v) is 6.78. The van der Waals surface area contributed by atoms with Gasteiger partial charge in [-0.05, 0) is 24.1 Å². The van der Waals surface area contributed by atoms with Crippen molar-refractivity contribution >= 4 is 10.0 Å². The van der Waals surface area contributed by atoms with Crippen molar-refractivity contribution in [2.75, 3.05) is 6.54 Å². The van der Waals surface area contributed by atoms with Gasteiger partial charge in [0.25, 0.3) is 0 Å². The highest BCUT2D eigenvalue weighted by molar-refractivity contribution is 7.89. The Kier molecular flexibility index (Phi) is 4.71. The molecule has 88 valence electrons. The lowest BCUT2D eigenvalue weighted by Gasteiger charge is -2.05. The maximum absolute atomic E-state index is 11.7. The van der Waals surface area contributed by atoms with Crippen LogP contribution in [0.1, 0.15) is 18.9 Å². The molecule has 0 radical (unpaired) electrons. The van der Waals surface area contributed by atoms with Gasteiger partial charge >= 0.3 is 0 Å². The predicted molar refractivity (Wildman–Crippen MR) is 65.8 cm³/mol. The molecule has 1 aromatic carbocycles. The van der Waals surface area contributed by atoms with E-state index in [0.717, 1.165) is 18.4 Å². The second-order valence-corrected chi connectivity index (χ2v) is 5.30. The summed E-state index contributed by atoms with van der Waals surface area (Å²) in [5.74, 6) is 0. The van der Waals surface area contributed by atoms with Crippen molar-refractivity contribution in [2.24, 2.45) is 0 Å². The minimum atomic E-state index is -3.38. The van der Waals surface area contributed by atoms with Crippen molar-refractivity contribution in [3.63, 3.8) is 0 Å². The van der Waals surface area contributed by atoms with E-state index in [1.807, 2.05) is 12.1 Å². The van der Waals surface area contributed by atoms with Crippen LogP contribution in [0.25, 0.3) is 0 Å². The third kappa shape index (κ3) is 3.47. The summed E-state index contributed by atoms with van der Waals surface area (Å²) in [5.41, 5.74) is 1.16. The van der Waals surface area contributed by atoms with Crippen LogP contribution in [0.3, 0.4) is 0 Å². The highest BCUT2D eigenvalue weighted by Crippen LogP contribution is 2.11. The van der Waals surface area contributed by atoms with Crippen molar-refractivity contribution in [2.45, 2.75) is 24.7 Å². The monoisotopic (exact) mass is 239 g/mol. The fraction of sp³-hybridized carbons (Fsp3) is 0.333. The standard InChI is InChI=1S/C12H17NO2S/c1-3-5-11-6-8-12(9-7-11)16(14,15)13-10-4-2/h4,6-9,13H,2-3,5,10H2,1H3. The van der Waals surface area contributed by atoms with E-state index in [2.05, 4.69) is 18.2 Å². The topological polar surface area (TPSA) is 46.2 Å². The third-order valence-corrected chi connectivity index (χ3v) is 3.63. The third-order valence-electron chi connectivity index (χ3n) is 2.19. The lowest BCUT2D eigenvalue weighted by molar-refractivity contribution is 0.585. The molecule has 3 nitrogen and oxygen atoms in total. The lowest BCUT2D eigenvalue weighted by Crippen LogP contribution is -2.23. The van der Waals surface area contributed by atoms with Gasteiger partial charge in [-0.25, -0.2) is 13.1 Å². The zero-order valence-corrected chi connectivity index (χ0v) is 10.3. The van der Waals surface area contributed by atoms with E-state index in [1.165, 1.54) is 6.08 Å². The highest BCUT2D eigenvalue weighted by Gasteiger charge is 2.11. The number of rotatable bonds is 6. The average Bonchev–Trinajstić information content (AvgIpc) is 2.28. The number of nitrogens with one attached hydrogen (secondary N) is 1. The molecule has 0 fully saturated rings. The van der Waals surface area contributed by atoms with Crippen LogP contribution in [-0.2, 0) is 16.4 Å². The molecule has 1 rings (SSSR count). The summed E-state index contributed by atoms with van der Waals surface area (Å²) in [5, 5.41) is 0. The molecule has 1 aromatic rings. The quantitative estimate of drug-likeness (QED) is 0.773. The number of sulfonamides is 1. The largest absolute Gasteiger partial charge is 0.240 e. The molecule has 0 aliphatic heterocycles. The number of hydrogen-bond donors (Lipinski definition) is 1. The zero-order chi connectivity index (χ0) is 12.0. The first-order valence-electron chi connectivity index (χ1n) is 5.29. The van der Waals surface area contributed by atoms with Crippen LogP contribution in [0.2, 0.25) is 0 Å². The Hall–Kier alpha value is -1.13. The van der Waals surface area contributed by atoms with E-state index in [0.29, 0.717) is 4.90 Å². The molecule has 0 saturated heterocycles. The van der Waals surface area contributed by atoms with Crippen molar-refractivity contribution in [1.82, 2.24) is 4.72 Å². The number of aryl methyl sites for hydroxylation is 1. The predicted octanol–water partition coefficient (Wildman–Crippen LogP) is 2.10. The lowest BCUT2D eigenvalue weighted by atomic mass is 10.1. The Morgan fingerprint density at radius 1 is 1.31 bits per heavy atom. The van der Waals surface area contributed by atoms with Crippen molar-refractivity contribution in [1.29, 1.82) is 0 Å². The van der Waals surface area contributed by atoms with Crippen LogP contribution in [0.15, 0.2) is 41.8 Å². The van der Waals surface area contributed by atoms with Crippen LogP contribution >= 0.6 is 0 Å². The molecule has 0 saturated carbocycles. The molecule has 1 N–H and O–H groups in total. The molecule has 0 aliphatic rings. The van der Waals surface area contributed by atoms with Gasteiger partial charge in [-0.3, -0.25) is 0 Å². The van der Waals surface area contributed by atoms with E-state index in [9.17, 15) is 8.42 Å². The summed E-state index contributed by atoms with van der Waals surface area (Å²) in [7, 11) is -3.38. The average molecular weight is 239 g/mol. The van der Waals surface area contributed by atoms with Crippen LogP contribution in [0.4, 0.5) is 0 Å². The van der Waals surface area contributed by atoms with Crippen molar-refractivity contribution in [3.8, 4) is 0 Å². The van der Waals surface area contributed by atoms with Gasteiger partial charge in [0, 0.05) is 6.54 Å². The van der Waals surface area contributed by atoms with Gasteiger partial charge in [0.1, 0.15) is 0 Å². The fourth-order valence-electron chi connectivity index (χ4n) is 1.38. The summed E-state index contributed by atoms with van der Waals surface area (Å²) < 4.78 is 25.8. The Bertz CT molecular complexity index is 435. The van der Waals surface area contributed by atoms with Gasteiger partial charge < -0.3 is 0 Å². The van der Waals surface area contributed by atoms with Gasteiger partial charge in [-0.2, -0.15) is 0 Å². The molecule has 0 heterocycles. The summed E-state index contributed by atoms with van der Waals surface area (Å²) in [4.78, 5) is 0.300. The molecule has 0 bridgehead atoms. The SMILES string of the molecule is C=CCNS(=O)(=O)c1ccc(CCC)cc1. The second kappa shape index (κ2) is 5.82. The van der Waals surface area contributed by atoms with Crippen molar-refractivity contribution < 1.29 is 8.42 Å². The van der Waals surface area contributed by atoms with E-state index in [4.69, 9.17) is 0 Å². The zero-order valence-electron chi connectivity index (χ0n) is 9.44. The van der Waals surface area contributed by atoms with Gasteiger partial charge in [0.05, 0.1) is 4.90 Å². The van der Waals surface area contributed by atoms with Crippen molar-refractivity contribution in [3.05, 3.63) is 42.5 Å². The summed E-state index contributed by atoms with van der Waals surface area (Å²) in [6, 6.07) is 6.98. The first-order chi connectivity index (χ1) is 7.60. The highest BCUT2D eigenvalue weighted by atomic mass is 32.2. The summed E-state index contributed by atoms with van der Waals surface area (Å²) >= 11 is 0. The van der Waals surface area contributed by atoms with Gasteiger partial charge in [-0.1, -0.05) is 31.6 Å². The molecule has 0 aromatic heterocycles. The summed E-state index contributed by atoms with van der Waals surface area (Å²) in [6.45, 7) is 5.81. The van der Waals surface area contributed by atoms with Crippen LogP contribution in [0.5, 0.6) is 0 Å². The van der Waals surface area contributed by atoms with E-state index in [1.54, 1.807) is 12.1 Å². The molecule has 16 heavy (non-hydrogen) atoms. The Morgan fingerprint density at radius 2 is 1.94 bits per heavy atom. The molecule has 0 aliphatic carbocycles. The summed E-state index contributed by atoms with van der Waals surface area (Å²) in [6.07, 6.45) is 3.55. The minimum Gasteiger partial charge on any atom is -0.207 e. The van der Waals surface area contributed by atoms with Gasteiger partial charge in [0.2, 0.25) is 10.0 Å². The number of hydrogen-bond acceptors (Lipinski definition) is 2. The molecule has 4 heteroatoms. The molecule has 0 amide bonds. The Labute approximate surface area is 97.2 Å². The van der Waals surface area contributed by atoms with E-state index in [-0.39, 0.29) is 6.54 Å². The smallest absolute Gasteiger partial charge is 0.207 e. The molecule has 0 atom stereocenters. The van der Waals surface area contributed by atoms with Crippen LogP contribution in [0, 0.1) is 0 Å². The van der Waals surface area contributed by atoms with Gasteiger partial charge in [-0.15, -0.1) is 6.58 Å².